The lowest BCUT2D eigenvalue weighted by Crippen LogP contribution is -2.11. The quantitative estimate of drug-likeness (QED) is 0.246. The number of halogens is 1. The van der Waals surface area contributed by atoms with Crippen LogP contribution in [-0.4, -0.2) is 11.8 Å². The van der Waals surface area contributed by atoms with Crippen molar-refractivity contribution in [3.8, 4) is 11.5 Å². The SMILES string of the molecule is Cc1cc(OC(=O)Cc2ccc(Cl)cc2)cc2c1C(=O)/C(=C/c1ccc(C(C)(C)C)cc1)O2. The molecule has 1 heterocycles. The highest BCUT2D eigenvalue weighted by Crippen LogP contribution is 2.37. The van der Waals surface area contributed by atoms with Gasteiger partial charge in [-0.25, -0.2) is 0 Å². The molecule has 0 unspecified atom stereocenters. The topological polar surface area (TPSA) is 52.6 Å². The van der Waals surface area contributed by atoms with Gasteiger partial charge in [-0.05, 0) is 58.9 Å². The average Bonchev–Trinajstić information content (AvgIpc) is 3.05. The number of benzene rings is 3. The summed E-state index contributed by atoms with van der Waals surface area (Å²) in [5.41, 5.74) is 4.14. The maximum atomic E-state index is 12.9. The molecule has 0 N–H and O–H groups in total. The lowest BCUT2D eigenvalue weighted by atomic mass is 9.86. The van der Waals surface area contributed by atoms with Crippen LogP contribution >= 0.6 is 11.6 Å². The molecule has 0 atom stereocenters. The zero-order valence-electron chi connectivity index (χ0n) is 19.1. The van der Waals surface area contributed by atoms with E-state index in [1.165, 1.54) is 5.56 Å². The van der Waals surface area contributed by atoms with E-state index in [0.29, 0.717) is 27.6 Å². The summed E-state index contributed by atoms with van der Waals surface area (Å²) in [4.78, 5) is 25.3. The highest BCUT2D eigenvalue weighted by Gasteiger charge is 2.30. The number of ether oxygens (including phenoxy) is 2. The summed E-state index contributed by atoms with van der Waals surface area (Å²) in [6, 6.07) is 18.4. The molecule has 1 aliphatic rings. The number of fused-ring (bicyclic) bond motifs is 1. The molecular weight excluding hydrogens is 436 g/mol. The van der Waals surface area contributed by atoms with E-state index in [1.54, 1.807) is 49.4 Å². The van der Waals surface area contributed by atoms with E-state index < -0.39 is 5.97 Å². The van der Waals surface area contributed by atoms with Gasteiger partial charge in [0.15, 0.2) is 5.76 Å². The summed E-state index contributed by atoms with van der Waals surface area (Å²) < 4.78 is 11.4. The summed E-state index contributed by atoms with van der Waals surface area (Å²) in [6.07, 6.45) is 1.85. The van der Waals surface area contributed by atoms with Crippen molar-refractivity contribution < 1.29 is 19.1 Å². The molecule has 1 aliphatic heterocycles. The molecule has 33 heavy (non-hydrogen) atoms. The molecule has 0 radical (unpaired) electrons. The van der Waals surface area contributed by atoms with Crippen molar-refractivity contribution in [3.63, 3.8) is 0 Å². The first-order valence-corrected chi connectivity index (χ1v) is 11.1. The summed E-state index contributed by atoms with van der Waals surface area (Å²) in [5, 5.41) is 0.609. The van der Waals surface area contributed by atoms with Gasteiger partial charge in [0.25, 0.3) is 0 Å². The Labute approximate surface area is 198 Å². The predicted molar refractivity (Wildman–Crippen MR) is 130 cm³/mol. The largest absolute Gasteiger partial charge is 0.452 e. The van der Waals surface area contributed by atoms with Gasteiger partial charge in [-0.1, -0.05) is 68.8 Å². The zero-order chi connectivity index (χ0) is 23.8. The number of Topliss-reactive ketones (excluding diaryl/α,β-unsaturated/α-hetero) is 1. The van der Waals surface area contributed by atoms with E-state index in [-0.39, 0.29) is 23.4 Å². The highest BCUT2D eigenvalue weighted by atomic mass is 35.5. The molecule has 5 heteroatoms. The van der Waals surface area contributed by atoms with Crippen molar-refractivity contribution >= 4 is 29.4 Å². The Hall–Kier alpha value is -3.37. The molecule has 0 fully saturated rings. The van der Waals surface area contributed by atoms with E-state index in [9.17, 15) is 9.59 Å². The minimum atomic E-state index is -0.407. The van der Waals surface area contributed by atoms with Gasteiger partial charge in [0, 0.05) is 11.1 Å². The number of hydrogen-bond acceptors (Lipinski definition) is 4. The van der Waals surface area contributed by atoms with E-state index in [4.69, 9.17) is 21.1 Å². The molecular formula is C28H25ClO4. The van der Waals surface area contributed by atoms with Gasteiger partial charge >= 0.3 is 5.97 Å². The standard InChI is InChI=1S/C28H25ClO4/c1-17-13-22(32-25(30)15-19-7-11-21(29)12-8-19)16-23-26(17)27(31)24(33-23)14-18-5-9-20(10-6-18)28(2,3)4/h5-14,16H,15H2,1-4H3/b24-14-. The van der Waals surface area contributed by atoms with Crippen LogP contribution in [0.1, 0.15) is 53.4 Å². The molecule has 3 aromatic carbocycles. The molecule has 0 saturated heterocycles. The second-order valence-electron chi connectivity index (χ2n) is 9.20. The van der Waals surface area contributed by atoms with E-state index >= 15 is 0 Å². The first-order valence-electron chi connectivity index (χ1n) is 10.7. The molecule has 0 spiro atoms. The van der Waals surface area contributed by atoms with Crippen molar-refractivity contribution in [2.45, 2.75) is 39.5 Å². The van der Waals surface area contributed by atoms with Crippen LogP contribution in [0.4, 0.5) is 0 Å². The molecule has 4 rings (SSSR count). The van der Waals surface area contributed by atoms with Crippen molar-refractivity contribution in [1.82, 2.24) is 0 Å². The molecule has 0 aromatic heterocycles. The Morgan fingerprint density at radius 2 is 1.70 bits per heavy atom. The number of rotatable bonds is 4. The van der Waals surface area contributed by atoms with Crippen molar-refractivity contribution in [2.24, 2.45) is 0 Å². The molecule has 0 saturated carbocycles. The Morgan fingerprint density at radius 3 is 2.33 bits per heavy atom. The lowest BCUT2D eigenvalue weighted by Gasteiger charge is -2.18. The third-order valence-corrected chi connectivity index (χ3v) is 5.76. The van der Waals surface area contributed by atoms with E-state index in [2.05, 4.69) is 32.9 Å². The van der Waals surface area contributed by atoms with Crippen LogP contribution in [0.3, 0.4) is 0 Å². The third kappa shape index (κ3) is 5.18. The molecule has 3 aromatic rings. The van der Waals surface area contributed by atoms with Gasteiger partial charge in [-0.15, -0.1) is 0 Å². The third-order valence-electron chi connectivity index (χ3n) is 5.51. The highest BCUT2D eigenvalue weighted by molar-refractivity contribution is 6.30. The van der Waals surface area contributed by atoms with Crippen LogP contribution in [0.5, 0.6) is 11.5 Å². The van der Waals surface area contributed by atoms with Crippen LogP contribution in [-0.2, 0) is 16.6 Å². The number of carbonyl (C=O) groups excluding carboxylic acids is 2. The van der Waals surface area contributed by atoms with Crippen LogP contribution in [0.2, 0.25) is 5.02 Å². The van der Waals surface area contributed by atoms with Gasteiger partial charge in [-0.2, -0.15) is 0 Å². The molecule has 0 amide bonds. The second-order valence-corrected chi connectivity index (χ2v) is 9.64. The van der Waals surface area contributed by atoms with Gasteiger partial charge < -0.3 is 9.47 Å². The smallest absolute Gasteiger partial charge is 0.315 e. The number of esters is 1. The fraction of sp³-hybridized carbons (Fsp3) is 0.214. The fourth-order valence-electron chi connectivity index (χ4n) is 3.70. The number of ketones is 1. The van der Waals surface area contributed by atoms with Gasteiger partial charge in [0.1, 0.15) is 11.5 Å². The Balaban J connectivity index is 1.51. The second kappa shape index (κ2) is 8.87. The van der Waals surface area contributed by atoms with Crippen LogP contribution in [0.25, 0.3) is 6.08 Å². The average molecular weight is 461 g/mol. The zero-order valence-corrected chi connectivity index (χ0v) is 19.8. The minimum Gasteiger partial charge on any atom is -0.452 e. The predicted octanol–water partition coefficient (Wildman–Crippen LogP) is 6.71. The summed E-state index contributed by atoms with van der Waals surface area (Å²) >= 11 is 5.89. The van der Waals surface area contributed by atoms with Crippen molar-refractivity contribution in [2.75, 3.05) is 0 Å². The summed E-state index contributed by atoms with van der Waals surface area (Å²) in [6.45, 7) is 8.27. The fourth-order valence-corrected chi connectivity index (χ4v) is 3.83. The summed E-state index contributed by atoms with van der Waals surface area (Å²) in [7, 11) is 0. The number of allylic oxidation sites excluding steroid dienone is 1. The van der Waals surface area contributed by atoms with Crippen LogP contribution in [0.15, 0.2) is 66.4 Å². The molecule has 4 nitrogen and oxygen atoms in total. The lowest BCUT2D eigenvalue weighted by molar-refractivity contribution is -0.133. The molecule has 0 bridgehead atoms. The number of carbonyl (C=O) groups is 2. The number of hydrogen-bond donors (Lipinski definition) is 0. The maximum absolute atomic E-state index is 12.9. The van der Waals surface area contributed by atoms with Crippen LogP contribution < -0.4 is 9.47 Å². The minimum absolute atomic E-state index is 0.0556. The first kappa shape index (κ1) is 22.8. The monoisotopic (exact) mass is 460 g/mol. The normalized spacial score (nSPS) is 14.2. The van der Waals surface area contributed by atoms with E-state index in [1.807, 2.05) is 12.1 Å². The molecule has 168 valence electrons. The number of aryl methyl sites for hydroxylation is 1. The Bertz CT molecular complexity index is 1250. The van der Waals surface area contributed by atoms with Crippen molar-refractivity contribution in [3.05, 3.63) is 99.3 Å². The maximum Gasteiger partial charge on any atom is 0.315 e. The van der Waals surface area contributed by atoms with Gasteiger partial charge in [0.05, 0.1) is 12.0 Å². The Morgan fingerprint density at radius 1 is 1.03 bits per heavy atom. The van der Waals surface area contributed by atoms with Gasteiger partial charge in [0.2, 0.25) is 5.78 Å². The summed E-state index contributed by atoms with van der Waals surface area (Å²) in [5.74, 6) is 0.402. The first-order chi connectivity index (χ1) is 15.6. The van der Waals surface area contributed by atoms with Gasteiger partial charge in [-0.3, -0.25) is 9.59 Å². The Kier molecular flexibility index (Phi) is 6.13. The van der Waals surface area contributed by atoms with Crippen molar-refractivity contribution in [1.29, 1.82) is 0 Å². The molecule has 0 aliphatic carbocycles. The van der Waals surface area contributed by atoms with E-state index in [0.717, 1.165) is 11.1 Å². The van der Waals surface area contributed by atoms with Crippen LogP contribution in [0, 0.1) is 6.92 Å².